The van der Waals surface area contributed by atoms with Gasteiger partial charge < -0.3 is 30.4 Å². The first kappa shape index (κ1) is 26.6. The SMILES string of the molecule is CN(CC(=O)O)C(=N)N.O=P(O)(O)O.[K+].[K+]. The Hall–Kier alpha value is 2.12. The van der Waals surface area contributed by atoms with Crippen LogP contribution in [0.4, 0.5) is 0 Å². The largest absolute Gasteiger partial charge is 1.00 e. The van der Waals surface area contributed by atoms with Crippen LogP contribution in [0.15, 0.2) is 0 Å². The Morgan fingerprint density at radius 1 is 1.38 bits per heavy atom. The van der Waals surface area contributed by atoms with Gasteiger partial charge in [0.15, 0.2) is 5.96 Å². The van der Waals surface area contributed by atoms with E-state index in [1.807, 2.05) is 0 Å². The molecule has 9 nitrogen and oxygen atoms in total. The summed E-state index contributed by atoms with van der Waals surface area (Å²) in [6, 6.07) is 0. The Balaban J connectivity index is -0.0000000904. The second-order valence-corrected chi connectivity index (χ2v) is 3.17. The van der Waals surface area contributed by atoms with E-state index < -0.39 is 13.8 Å². The molecule has 0 aliphatic carbocycles. The van der Waals surface area contributed by atoms with E-state index in [-0.39, 0.29) is 115 Å². The van der Waals surface area contributed by atoms with E-state index in [4.69, 9.17) is 35.5 Å². The monoisotopic (exact) mass is 307 g/mol. The van der Waals surface area contributed by atoms with Crippen LogP contribution in [0, 0.1) is 5.41 Å². The summed E-state index contributed by atoms with van der Waals surface area (Å²) in [5.41, 5.74) is 4.93. The number of guanidine groups is 1. The molecule has 0 aliphatic rings. The van der Waals surface area contributed by atoms with Crippen LogP contribution in [0.1, 0.15) is 0 Å². The molecule has 0 fully saturated rings. The quantitative estimate of drug-likeness (QED) is 0.126. The van der Waals surface area contributed by atoms with Crippen molar-refractivity contribution < 1.29 is 132 Å². The normalized spacial score (nSPS) is 8.50. The van der Waals surface area contributed by atoms with Crippen LogP contribution in [0.3, 0.4) is 0 Å². The summed E-state index contributed by atoms with van der Waals surface area (Å²) >= 11 is 0. The van der Waals surface area contributed by atoms with Crippen molar-refractivity contribution in [3.05, 3.63) is 0 Å². The number of nitrogens with one attached hydrogen (secondary N) is 1. The first-order chi connectivity index (χ1) is 6.04. The van der Waals surface area contributed by atoms with Crippen molar-refractivity contribution in [2.24, 2.45) is 5.73 Å². The Morgan fingerprint density at radius 3 is 1.69 bits per heavy atom. The molecule has 0 saturated carbocycles. The Bertz CT molecular complexity index is 250. The molecule has 0 aromatic heterocycles. The van der Waals surface area contributed by atoms with Gasteiger partial charge in [0.05, 0.1) is 0 Å². The van der Waals surface area contributed by atoms with Gasteiger partial charge in [-0.15, -0.1) is 0 Å². The summed E-state index contributed by atoms with van der Waals surface area (Å²) in [6.07, 6.45) is 0. The number of phosphoric acid groups is 1. The number of carboxylic acid groups (broad SMARTS) is 1. The van der Waals surface area contributed by atoms with Gasteiger partial charge in [-0.05, 0) is 0 Å². The second kappa shape index (κ2) is 13.6. The van der Waals surface area contributed by atoms with Crippen molar-refractivity contribution >= 4 is 19.8 Å². The van der Waals surface area contributed by atoms with E-state index in [2.05, 4.69) is 0 Å². The molecule has 0 heterocycles. The van der Waals surface area contributed by atoms with E-state index >= 15 is 0 Å². The van der Waals surface area contributed by atoms with Gasteiger partial charge in [0.25, 0.3) is 0 Å². The molecule has 0 bridgehead atoms. The zero-order valence-corrected chi connectivity index (χ0v) is 16.4. The summed E-state index contributed by atoms with van der Waals surface area (Å²) in [5, 5.41) is 14.9. The Kier molecular flexibility index (Phi) is 22.6. The molecule has 0 aromatic carbocycles. The molecule has 12 heteroatoms. The van der Waals surface area contributed by atoms with Crippen molar-refractivity contribution in [2.75, 3.05) is 13.6 Å². The molecule has 0 radical (unpaired) electrons. The third kappa shape index (κ3) is 36.0. The summed E-state index contributed by atoms with van der Waals surface area (Å²) in [7, 11) is -3.20. The predicted molar refractivity (Wildman–Crippen MR) is 46.4 cm³/mol. The summed E-state index contributed by atoms with van der Waals surface area (Å²) in [5.74, 6) is -1.23. The van der Waals surface area contributed by atoms with Crippen LogP contribution in [0.2, 0.25) is 0 Å². The molecule has 0 rings (SSSR count). The van der Waals surface area contributed by atoms with Gasteiger partial charge in [-0.3, -0.25) is 10.2 Å². The molecule has 16 heavy (non-hydrogen) atoms. The van der Waals surface area contributed by atoms with Gasteiger partial charge >= 0.3 is 117 Å². The fourth-order valence-corrected chi connectivity index (χ4v) is 0.288. The number of likely N-dealkylation sites (N-methyl/N-ethyl adjacent to an activating group) is 1. The molecule has 0 unspecified atom stereocenters. The molecule has 0 atom stereocenters. The van der Waals surface area contributed by atoms with Crippen LogP contribution >= 0.6 is 7.82 Å². The first-order valence-corrected chi connectivity index (χ1v) is 4.65. The maximum Gasteiger partial charge on any atom is 1.00 e. The molecule has 0 saturated heterocycles. The summed E-state index contributed by atoms with van der Waals surface area (Å²) in [4.78, 5) is 32.6. The van der Waals surface area contributed by atoms with Crippen molar-refractivity contribution in [1.82, 2.24) is 4.90 Å². The molecular formula is C4H12K2N3O6P+2. The van der Waals surface area contributed by atoms with Gasteiger partial charge in [-0.2, -0.15) is 0 Å². The number of nitrogens with zero attached hydrogens (tertiary/aromatic N) is 1. The minimum atomic E-state index is -4.64. The molecule has 7 N–H and O–H groups in total. The van der Waals surface area contributed by atoms with Gasteiger partial charge in [0.2, 0.25) is 0 Å². The molecule has 0 aliphatic heterocycles. The minimum Gasteiger partial charge on any atom is -0.480 e. The average molecular weight is 307 g/mol. The standard InChI is InChI=1S/C4H9N3O2.2K.H3O4P/c1-7(4(5)6)2-3(8)9;;;1-5(2,3)4/h2H2,1H3,(H3,5,6)(H,8,9);;;(H3,1,2,3,4)/q;2*+1;. The maximum atomic E-state index is 9.92. The molecule has 0 aromatic rings. The van der Waals surface area contributed by atoms with Crippen molar-refractivity contribution in [1.29, 1.82) is 5.41 Å². The van der Waals surface area contributed by atoms with E-state index in [9.17, 15) is 4.79 Å². The van der Waals surface area contributed by atoms with Gasteiger partial charge in [-0.25, -0.2) is 4.57 Å². The average Bonchev–Trinajstić information content (AvgIpc) is 1.80. The molecule has 0 spiro atoms. The third-order valence-corrected chi connectivity index (χ3v) is 0.784. The number of rotatable bonds is 2. The van der Waals surface area contributed by atoms with Crippen LogP contribution in [0.25, 0.3) is 0 Å². The zero-order valence-electron chi connectivity index (χ0n) is 9.28. The van der Waals surface area contributed by atoms with E-state index in [1.165, 1.54) is 7.05 Å². The zero-order chi connectivity index (χ0) is 11.9. The Morgan fingerprint density at radius 2 is 1.62 bits per heavy atom. The van der Waals surface area contributed by atoms with E-state index in [0.717, 1.165) is 4.90 Å². The summed E-state index contributed by atoms with van der Waals surface area (Å²) < 4.78 is 8.88. The minimum absolute atomic E-state index is 0. The van der Waals surface area contributed by atoms with Crippen molar-refractivity contribution in [2.45, 2.75) is 0 Å². The van der Waals surface area contributed by atoms with Crippen molar-refractivity contribution in [3.63, 3.8) is 0 Å². The fourth-order valence-electron chi connectivity index (χ4n) is 0.288. The maximum absolute atomic E-state index is 9.92. The van der Waals surface area contributed by atoms with Gasteiger partial charge in [0.1, 0.15) is 6.54 Å². The number of carboxylic acids is 1. The fraction of sp³-hybridized carbons (Fsp3) is 0.500. The topological polar surface area (TPSA) is 168 Å². The molecule has 84 valence electrons. The number of hydrogen-bond donors (Lipinski definition) is 6. The van der Waals surface area contributed by atoms with E-state index in [1.54, 1.807) is 0 Å². The van der Waals surface area contributed by atoms with Gasteiger partial charge in [-0.1, -0.05) is 0 Å². The van der Waals surface area contributed by atoms with Crippen LogP contribution < -0.4 is 109 Å². The second-order valence-electron chi connectivity index (χ2n) is 2.15. The number of aliphatic carboxylic acids is 1. The predicted octanol–water partition coefficient (Wildman–Crippen LogP) is -8.02. The van der Waals surface area contributed by atoms with Crippen molar-refractivity contribution in [3.8, 4) is 0 Å². The first-order valence-electron chi connectivity index (χ1n) is 3.09. The Labute approximate surface area is 177 Å². The number of carbonyl (C=O) groups is 1. The molecule has 0 amide bonds. The number of hydrogen-bond acceptors (Lipinski definition) is 3. The van der Waals surface area contributed by atoms with E-state index in [0.29, 0.717) is 0 Å². The third-order valence-electron chi connectivity index (χ3n) is 0.784. The summed E-state index contributed by atoms with van der Waals surface area (Å²) in [6.45, 7) is -0.227. The molecular weight excluding hydrogens is 295 g/mol. The van der Waals surface area contributed by atoms with Gasteiger partial charge in [0, 0.05) is 7.05 Å². The van der Waals surface area contributed by atoms with Crippen LogP contribution in [0.5, 0.6) is 0 Å². The van der Waals surface area contributed by atoms with Crippen LogP contribution in [-0.4, -0.2) is 50.2 Å². The number of nitrogens with two attached hydrogens (primary N) is 1. The van der Waals surface area contributed by atoms with Crippen LogP contribution in [-0.2, 0) is 9.36 Å². The smallest absolute Gasteiger partial charge is 0.480 e.